The average Bonchev–Trinajstić information content (AvgIpc) is 3.34. The summed E-state index contributed by atoms with van der Waals surface area (Å²) in [5.74, 6) is 0. The van der Waals surface area contributed by atoms with Gasteiger partial charge < -0.3 is 0 Å². The zero-order chi connectivity index (χ0) is 15.6. The monoisotopic (exact) mass is 404 g/mol. The minimum Gasteiger partial charge on any atom is 1.00 e. The third kappa shape index (κ3) is 4.37. The van der Waals surface area contributed by atoms with Crippen LogP contribution in [0.2, 0.25) is 0 Å². The van der Waals surface area contributed by atoms with Crippen LogP contribution in [0, 0.1) is 0 Å². The first kappa shape index (κ1) is 24.1. The quantitative estimate of drug-likeness (QED) is 0.414. The van der Waals surface area contributed by atoms with E-state index in [0.29, 0.717) is 52.9 Å². The summed E-state index contributed by atoms with van der Waals surface area (Å²) in [6, 6.07) is 0. The predicted molar refractivity (Wildman–Crippen MR) is 73.1 cm³/mol. The van der Waals surface area contributed by atoms with Crippen molar-refractivity contribution in [3.05, 3.63) is 0 Å². The summed E-state index contributed by atoms with van der Waals surface area (Å²) in [5.41, 5.74) is 0. The molecular formula is C10H22Na2O10Si2. The summed E-state index contributed by atoms with van der Waals surface area (Å²) in [5, 5.41) is 0. The van der Waals surface area contributed by atoms with Crippen LogP contribution in [0.4, 0.5) is 0 Å². The van der Waals surface area contributed by atoms with Crippen molar-refractivity contribution >= 4 is 17.1 Å². The molecule has 0 amide bonds. The van der Waals surface area contributed by atoms with Crippen molar-refractivity contribution in [2.45, 2.75) is 0 Å². The number of hydrogen-bond acceptors (Lipinski definition) is 10. The Balaban J connectivity index is 0.000000222. The molecule has 4 heterocycles. The molecule has 0 unspecified atom stereocenters. The van der Waals surface area contributed by atoms with Gasteiger partial charge in [-0.25, -0.2) is 0 Å². The van der Waals surface area contributed by atoms with E-state index in [9.17, 15) is 0 Å². The molecule has 4 rings (SSSR count). The summed E-state index contributed by atoms with van der Waals surface area (Å²) in [6.07, 6.45) is 0. The Morgan fingerprint density at radius 1 is 0.458 bits per heavy atom. The molecule has 2 spiro atoms. The standard InChI is InChI=1S/2C5H11O5Si.2Na/c2*1-6-11(7-2-3-8-11)9-4-5-10-11;;/h2*2-5H2,1H3;;/q2*-1;2*+1. The van der Waals surface area contributed by atoms with Crippen molar-refractivity contribution in [1.82, 2.24) is 0 Å². The van der Waals surface area contributed by atoms with Crippen molar-refractivity contribution in [2.75, 3.05) is 67.1 Å². The summed E-state index contributed by atoms with van der Waals surface area (Å²) >= 11 is 0. The molecule has 0 N–H and O–H groups in total. The van der Waals surface area contributed by atoms with Crippen LogP contribution in [-0.4, -0.2) is 84.2 Å². The summed E-state index contributed by atoms with van der Waals surface area (Å²) < 4.78 is 52.6. The molecule has 4 aliphatic rings. The normalized spacial score (nSPS) is 33.9. The smallest absolute Gasteiger partial charge is 1.00 e. The molecule has 0 aliphatic carbocycles. The van der Waals surface area contributed by atoms with Gasteiger partial charge in [-0.05, 0) is 0 Å². The topological polar surface area (TPSA) is 92.3 Å². The van der Waals surface area contributed by atoms with Crippen LogP contribution >= 0.6 is 0 Å². The summed E-state index contributed by atoms with van der Waals surface area (Å²) in [7, 11) is -4.43. The number of rotatable bonds is 2. The van der Waals surface area contributed by atoms with E-state index in [-0.39, 0.29) is 59.1 Å². The molecule has 0 bridgehead atoms. The first-order valence-electron chi connectivity index (χ1n) is 7.17. The zero-order valence-corrected chi connectivity index (χ0v) is 20.7. The van der Waals surface area contributed by atoms with E-state index in [1.54, 1.807) is 0 Å². The zero-order valence-electron chi connectivity index (χ0n) is 14.7. The Bertz CT molecular complexity index is 321. The van der Waals surface area contributed by atoms with Crippen molar-refractivity contribution in [3.63, 3.8) is 0 Å². The van der Waals surface area contributed by atoms with Gasteiger partial charge >= 0.3 is 188 Å². The van der Waals surface area contributed by atoms with Gasteiger partial charge in [0.1, 0.15) is 0 Å². The van der Waals surface area contributed by atoms with Crippen LogP contribution in [0.3, 0.4) is 0 Å². The first-order chi connectivity index (χ1) is 10.6. The molecule has 132 valence electrons. The van der Waals surface area contributed by atoms with Gasteiger partial charge in [0.05, 0.1) is 0 Å². The third-order valence-electron chi connectivity index (χ3n) is 3.70. The SMILES string of the molecule is CO[Si-]12(OCCO1)OCCO2.CO[Si-]12(OCCO1)OCCO2.[Na+].[Na+]. The van der Waals surface area contributed by atoms with Crippen LogP contribution in [0.1, 0.15) is 0 Å². The molecule has 0 atom stereocenters. The molecule has 4 fully saturated rings. The van der Waals surface area contributed by atoms with Crippen LogP contribution < -0.4 is 59.1 Å². The first-order valence-corrected chi connectivity index (χ1v) is 11.2. The molecule has 0 saturated carbocycles. The van der Waals surface area contributed by atoms with Gasteiger partial charge in [0.15, 0.2) is 0 Å². The van der Waals surface area contributed by atoms with Gasteiger partial charge in [-0.3, -0.25) is 0 Å². The van der Waals surface area contributed by atoms with Gasteiger partial charge in [0, 0.05) is 0 Å². The molecule has 0 aromatic rings. The molecule has 10 nitrogen and oxygen atoms in total. The Morgan fingerprint density at radius 2 is 0.625 bits per heavy atom. The number of hydrogen-bond donors (Lipinski definition) is 0. The fourth-order valence-corrected chi connectivity index (χ4v) is 7.91. The maximum atomic E-state index is 5.30. The molecule has 24 heavy (non-hydrogen) atoms. The van der Waals surface area contributed by atoms with E-state index in [2.05, 4.69) is 0 Å². The van der Waals surface area contributed by atoms with Crippen molar-refractivity contribution < 1.29 is 103 Å². The van der Waals surface area contributed by atoms with E-state index in [1.807, 2.05) is 0 Å². The maximum absolute atomic E-state index is 5.30. The maximum Gasteiger partial charge on any atom is 1.00 e. The van der Waals surface area contributed by atoms with E-state index < -0.39 is 17.1 Å². The van der Waals surface area contributed by atoms with E-state index in [0.717, 1.165) is 0 Å². The minimum absolute atomic E-state index is 0. The summed E-state index contributed by atoms with van der Waals surface area (Å²) in [4.78, 5) is 0. The average molecular weight is 404 g/mol. The van der Waals surface area contributed by atoms with Crippen molar-refractivity contribution in [1.29, 1.82) is 0 Å². The fourth-order valence-electron chi connectivity index (χ4n) is 2.64. The van der Waals surface area contributed by atoms with E-state index >= 15 is 0 Å². The van der Waals surface area contributed by atoms with Crippen LogP contribution in [0.15, 0.2) is 0 Å². The molecular weight excluding hydrogens is 382 g/mol. The molecule has 0 aromatic carbocycles. The Morgan fingerprint density at radius 3 is 0.750 bits per heavy atom. The summed E-state index contributed by atoms with van der Waals surface area (Å²) in [6.45, 7) is 3.90. The van der Waals surface area contributed by atoms with Crippen LogP contribution in [0.25, 0.3) is 0 Å². The van der Waals surface area contributed by atoms with Crippen LogP contribution in [0.5, 0.6) is 0 Å². The Kier molecular flexibility index (Phi) is 9.05. The molecule has 4 aliphatic heterocycles. The van der Waals surface area contributed by atoms with Gasteiger partial charge in [0.25, 0.3) is 0 Å². The van der Waals surface area contributed by atoms with E-state index in [1.165, 1.54) is 14.2 Å². The second-order valence-electron chi connectivity index (χ2n) is 4.86. The van der Waals surface area contributed by atoms with Crippen LogP contribution in [-0.2, 0) is 44.3 Å². The Labute approximate surface area is 186 Å². The van der Waals surface area contributed by atoms with E-state index in [4.69, 9.17) is 44.3 Å². The van der Waals surface area contributed by atoms with Gasteiger partial charge in [-0.1, -0.05) is 0 Å². The van der Waals surface area contributed by atoms with Gasteiger partial charge in [-0.15, -0.1) is 0 Å². The van der Waals surface area contributed by atoms with Gasteiger partial charge in [0.2, 0.25) is 0 Å². The van der Waals surface area contributed by atoms with Crippen molar-refractivity contribution in [2.24, 2.45) is 0 Å². The molecule has 4 saturated heterocycles. The Hall–Kier alpha value is 2.03. The third-order valence-corrected chi connectivity index (χ3v) is 10.4. The second-order valence-corrected chi connectivity index (χ2v) is 11.3. The second kappa shape index (κ2) is 9.02. The molecule has 0 radical (unpaired) electrons. The fraction of sp³-hybridized carbons (Fsp3) is 1.00. The minimum atomic E-state index is -3.71. The molecule has 14 heteroatoms. The van der Waals surface area contributed by atoms with Gasteiger partial charge in [-0.2, -0.15) is 0 Å². The molecule has 0 aromatic heterocycles. The predicted octanol–water partition coefficient (Wildman–Crippen LogP) is -6.77. The van der Waals surface area contributed by atoms with Crippen molar-refractivity contribution in [3.8, 4) is 0 Å². The largest absolute Gasteiger partial charge is 1.00 e.